The predicted molar refractivity (Wildman–Crippen MR) is 105 cm³/mol. The predicted octanol–water partition coefficient (Wildman–Crippen LogP) is 4.35. The number of amides is 1. The van der Waals surface area contributed by atoms with E-state index in [1.807, 2.05) is 0 Å². The standard InChI is InChI=1S/C20H16ClF5N4O2/c21-9-1-4-14(28-8-9)16(31)29-10-2-3-13(22)11(5-10)20(17(23)24)12-6-19(25,26)7-15(12)32-18(27)30-20/h1-5,8,12,15,17H,6-7H2,(H2,27,30)(H,29,31)/t12?,15-,20?/m0/s1. The van der Waals surface area contributed by atoms with Gasteiger partial charge in [0.2, 0.25) is 0 Å². The number of pyridine rings is 1. The van der Waals surface area contributed by atoms with Crippen molar-refractivity contribution in [3.63, 3.8) is 0 Å². The summed E-state index contributed by atoms with van der Waals surface area (Å²) in [5.74, 6) is -6.67. The number of anilines is 1. The van der Waals surface area contributed by atoms with Gasteiger partial charge >= 0.3 is 0 Å². The second-order valence-electron chi connectivity index (χ2n) is 7.61. The first-order valence-corrected chi connectivity index (χ1v) is 9.80. The third-order valence-corrected chi connectivity index (χ3v) is 5.77. The second kappa shape index (κ2) is 7.88. The number of carbonyl (C=O) groups excluding carboxylic acids is 1. The molecule has 2 aromatic rings. The summed E-state index contributed by atoms with van der Waals surface area (Å²) in [4.78, 5) is 19.9. The van der Waals surface area contributed by atoms with Crippen molar-refractivity contribution in [2.75, 3.05) is 5.32 Å². The van der Waals surface area contributed by atoms with Crippen LogP contribution in [0.2, 0.25) is 5.02 Å². The normalized spacial score (nSPS) is 26.3. The third-order valence-electron chi connectivity index (χ3n) is 5.55. The van der Waals surface area contributed by atoms with Gasteiger partial charge in [-0.15, -0.1) is 0 Å². The number of nitrogens with one attached hydrogen (secondary N) is 1. The van der Waals surface area contributed by atoms with Crippen LogP contribution in [0.25, 0.3) is 0 Å². The fourth-order valence-electron chi connectivity index (χ4n) is 4.19. The molecule has 1 amide bonds. The van der Waals surface area contributed by atoms with Gasteiger partial charge in [0.1, 0.15) is 17.6 Å². The molecule has 1 aromatic carbocycles. The molecule has 2 aliphatic rings. The van der Waals surface area contributed by atoms with Crippen LogP contribution in [-0.4, -0.2) is 35.4 Å². The van der Waals surface area contributed by atoms with E-state index in [-0.39, 0.29) is 11.4 Å². The number of hydrogen-bond acceptors (Lipinski definition) is 5. The van der Waals surface area contributed by atoms with Gasteiger partial charge in [-0.3, -0.25) is 4.79 Å². The number of aliphatic imine (C=N–C) groups is 1. The Kier molecular flexibility index (Phi) is 5.48. The Balaban J connectivity index is 1.76. The summed E-state index contributed by atoms with van der Waals surface area (Å²) in [6.45, 7) is 0. The Morgan fingerprint density at radius 3 is 2.66 bits per heavy atom. The summed E-state index contributed by atoms with van der Waals surface area (Å²) in [6.07, 6.45) is -5.35. The lowest BCUT2D eigenvalue weighted by molar-refractivity contribution is -0.0392. The van der Waals surface area contributed by atoms with Crippen LogP contribution in [0.1, 0.15) is 28.9 Å². The van der Waals surface area contributed by atoms with Crippen molar-refractivity contribution in [3.8, 4) is 0 Å². The van der Waals surface area contributed by atoms with Crippen molar-refractivity contribution in [1.29, 1.82) is 0 Å². The number of nitrogens with zero attached hydrogens (tertiary/aromatic N) is 2. The number of hydrogen-bond donors (Lipinski definition) is 2. The monoisotopic (exact) mass is 474 g/mol. The summed E-state index contributed by atoms with van der Waals surface area (Å²) >= 11 is 5.73. The molecule has 1 aromatic heterocycles. The lowest BCUT2D eigenvalue weighted by atomic mass is 9.75. The van der Waals surface area contributed by atoms with E-state index in [0.29, 0.717) is 5.02 Å². The number of aromatic nitrogens is 1. The highest BCUT2D eigenvalue weighted by Gasteiger charge is 2.63. The summed E-state index contributed by atoms with van der Waals surface area (Å²) in [5, 5.41) is 2.71. The van der Waals surface area contributed by atoms with Gasteiger partial charge in [-0.2, -0.15) is 0 Å². The maximum absolute atomic E-state index is 14.8. The topological polar surface area (TPSA) is 89.6 Å². The molecule has 3 atom stereocenters. The first-order valence-electron chi connectivity index (χ1n) is 9.43. The van der Waals surface area contributed by atoms with Gasteiger partial charge in [-0.1, -0.05) is 11.6 Å². The maximum atomic E-state index is 14.8. The Bertz CT molecular complexity index is 1080. The van der Waals surface area contributed by atoms with Crippen LogP contribution >= 0.6 is 11.6 Å². The number of rotatable bonds is 4. The molecule has 32 heavy (non-hydrogen) atoms. The Morgan fingerprint density at radius 1 is 1.25 bits per heavy atom. The van der Waals surface area contributed by atoms with Crippen molar-refractivity contribution >= 4 is 29.2 Å². The molecule has 0 bridgehead atoms. The first kappa shape index (κ1) is 22.3. The molecular formula is C20H16ClF5N4O2. The smallest absolute Gasteiger partial charge is 0.283 e. The minimum Gasteiger partial charge on any atom is -0.461 e. The molecule has 1 aliphatic carbocycles. The van der Waals surface area contributed by atoms with E-state index >= 15 is 0 Å². The zero-order valence-electron chi connectivity index (χ0n) is 16.2. The van der Waals surface area contributed by atoms with Crippen molar-refractivity contribution < 1.29 is 31.5 Å². The molecule has 1 fully saturated rings. The minimum atomic E-state index is -3.38. The maximum Gasteiger partial charge on any atom is 0.283 e. The molecule has 0 spiro atoms. The van der Waals surface area contributed by atoms with E-state index in [1.165, 1.54) is 18.3 Å². The SMILES string of the molecule is NC1=NC(c2cc(NC(=O)c3ccc(Cl)cn3)ccc2F)(C(F)F)C2CC(F)(F)C[C@@H]2O1. The Morgan fingerprint density at radius 2 is 2.00 bits per heavy atom. The van der Waals surface area contributed by atoms with E-state index in [4.69, 9.17) is 22.1 Å². The van der Waals surface area contributed by atoms with Gasteiger partial charge in [0.05, 0.1) is 5.02 Å². The van der Waals surface area contributed by atoms with Crippen molar-refractivity contribution in [1.82, 2.24) is 4.98 Å². The van der Waals surface area contributed by atoms with Crippen LogP contribution in [0.5, 0.6) is 0 Å². The summed E-state index contributed by atoms with van der Waals surface area (Å²) in [6, 6.07) is 4.93. The molecular weight excluding hydrogens is 459 g/mol. The van der Waals surface area contributed by atoms with E-state index < -0.39 is 66.1 Å². The van der Waals surface area contributed by atoms with Crippen molar-refractivity contribution in [3.05, 3.63) is 58.6 Å². The molecule has 12 heteroatoms. The average molecular weight is 475 g/mol. The molecule has 2 heterocycles. The zero-order chi connectivity index (χ0) is 23.3. The number of nitrogens with two attached hydrogens (primary N) is 1. The van der Waals surface area contributed by atoms with E-state index in [1.54, 1.807) is 0 Å². The largest absolute Gasteiger partial charge is 0.461 e. The van der Waals surface area contributed by atoms with Gasteiger partial charge in [-0.05, 0) is 30.3 Å². The molecule has 1 aliphatic heterocycles. The highest BCUT2D eigenvalue weighted by Crippen LogP contribution is 2.55. The van der Waals surface area contributed by atoms with Gasteiger partial charge in [-0.25, -0.2) is 31.9 Å². The number of carbonyl (C=O) groups is 1. The van der Waals surface area contributed by atoms with Gasteiger partial charge < -0.3 is 15.8 Å². The van der Waals surface area contributed by atoms with E-state index in [9.17, 15) is 26.7 Å². The number of fused-ring (bicyclic) bond motifs is 1. The second-order valence-corrected chi connectivity index (χ2v) is 8.05. The van der Waals surface area contributed by atoms with Crippen LogP contribution in [0, 0.1) is 11.7 Å². The number of amidine groups is 1. The molecule has 2 unspecified atom stereocenters. The molecule has 0 radical (unpaired) electrons. The average Bonchev–Trinajstić information content (AvgIpc) is 3.03. The third kappa shape index (κ3) is 3.85. The zero-order valence-corrected chi connectivity index (χ0v) is 16.9. The van der Waals surface area contributed by atoms with Crippen molar-refractivity contribution in [2.24, 2.45) is 16.6 Å². The molecule has 0 saturated heterocycles. The fraction of sp³-hybridized carbons (Fsp3) is 0.350. The molecule has 4 rings (SSSR count). The van der Waals surface area contributed by atoms with Gasteiger partial charge in [0, 0.05) is 36.2 Å². The number of alkyl halides is 4. The quantitative estimate of drug-likeness (QED) is 0.645. The number of benzene rings is 1. The molecule has 3 N–H and O–H groups in total. The van der Waals surface area contributed by atoms with E-state index in [2.05, 4.69) is 15.3 Å². The summed E-state index contributed by atoms with van der Waals surface area (Å²) < 4.78 is 77.0. The Hall–Kier alpha value is -2.95. The lowest BCUT2D eigenvalue weighted by Crippen LogP contribution is -2.51. The summed E-state index contributed by atoms with van der Waals surface area (Å²) in [5.41, 5.74) is 2.04. The molecule has 6 nitrogen and oxygen atoms in total. The van der Waals surface area contributed by atoms with Crippen LogP contribution < -0.4 is 11.1 Å². The minimum absolute atomic E-state index is 0.0346. The van der Waals surface area contributed by atoms with Crippen LogP contribution in [-0.2, 0) is 10.3 Å². The Labute approximate surface area is 183 Å². The van der Waals surface area contributed by atoms with E-state index in [0.717, 1.165) is 18.2 Å². The summed E-state index contributed by atoms with van der Waals surface area (Å²) in [7, 11) is 0. The van der Waals surface area contributed by atoms with Crippen LogP contribution in [0.15, 0.2) is 41.5 Å². The molecule has 170 valence electrons. The van der Waals surface area contributed by atoms with Gasteiger partial charge in [0.15, 0.2) is 5.54 Å². The fourth-order valence-corrected chi connectivity index (χ4v) is 4.30. The highest BCUT2D eigenvalue weighted by molar-refractivity contribution is 6.30. The first-order chi connectivity index (χ1) is 15.0. The highest BCUT2D eigenvalue weighted by atomic mass is 35.5. The number of ether oxygens (including phenoxy) is 1. The van der Waals surface area contributed by atoms with Crippen LogP contribution in [0.3, 0.4) is 0 Å². The number of halogens is 6. The lowest BCUT2D eigenvalue weighted by Gasteiger charge is -2.41. The van der Waals surface area contributed by atoms with Crippen molar-refractivity contribution in [2.45, 2.75) is 36.8 Å². The van der Waals surface area contributed by atoms with Gasteiger partial charge in [0.25, 0.3) is 24.3 Å². The molecule has 1 saturated carbocycles. The van der Waals surface area contributed by atoms with Crippen LogP contribution in [0.4, 0.5) is 27.6 Å².